The second-order valence-corrected chi connectivity index (χ2v) is 10.5. The number of allylic oxidation sites excluding steroid dienone is 1. The van der Waals surface area contributed by atoms with Crippen molar-refractivity contribution in [3.8, 4) is 11.5 Å². The highest BCUT2D eigenvalue weighted by atomic mass is 31.2. The SMILES string of the molecule is CCOC(=O)C1=C(OP(=O)(Oc2ccccc2)Oc2ccccc2)C(C)(C)CCC1C1C=CC(=O)O1. The van der Waals surface area contributed by atoms with Gasteiger partial charge in [0.15, 0.2) is 0 Å². The van der Waals surface area contributed by atoms with Gasteiger partial charge < -0.3 is 23.0 Å². The number of hydrogen-bond acceptors (Lipinski definition) is 8. The molecular formula is C27H29O8P. The quantitative estimate of drug-likeness (QED) is 0.298. The maximum Gasteiger partial charge on any atom is 0.646 e. The van der Waals surface area contributed by atoms with Crippen molar-refractivity contribution in [2.24, 2.45) is 11.3 Å². The molecule has 2 aromatic carbocycles. The molecule has 0 saturated heterocycles. The second-order valence-electron chi connectivity index (χ2n) is 9.10. The van der Waals surface area contributed by atoms with Crippen LogP contribution in [0.3, 0.4) is 0 Å². The molecule has 0 amide bonds. The number of esters is 2. The molecule has 0 saturated carbocycles. The Labute approximate surface area is 210 Å². The highest BCUT2D eigenvalue weighted by Crippen LogP contribution is 2.57. The van der Waals surface area contributed by atoms with E-state index >= 15 is 0 Å². The topological polar surface area (TPSA) is 97.4 Å². The molecule has 190 valence electrons. The largest absolute Gasteiger partial charge is 0.646 e. The first kappa shape index (κ1) is 25.6. The third-order valence-corrected chi connectivity index (χ3v) is 7.28. The van der Waals surface area contributed by atoms with E-state index in [0.29, 0.717) is 12.8 Å². The molecule has 2 atom stereocenters. The molecule has 0 radical (unpaired) electrons. The Balaban J connectivity index is 1.80. The van der Waals surface area contributed by atoms with E-state index in [0.717, 1.165) is 0 Å². The van der Waals surface area contributed by atoms with E-state index in [1.807, 2.05) is 13.8 Å². The number of para-hydroxylation sites is 2. The van der Waals surface area contributed by atoms with Crippen LogP contribution in [-0.4, -0.2) is 24.6 Å². The molecule has 8 nitrogen and oxygen atoms in total. The summed E-state index contributed by atoms with van der Waals surface area (Å²) in [6.45, 7) is 5.58. The van der Waals surface area contributed by atoms with Crippen LogP contribution in [-0.2, 0) is 28.2 Å². The summed E-state index contributed by atoms with van der Waals surface area (Å²) < 4.78 is 42.7. The number of carbonyl (C=O) groups excluding carboxylic acids is 2. The molecule has 1 aliphatic heterocycles. The maximum absolute atomic E-state index is 14.2. The monoisotopic (exact) mass is 512 g/mol. The highest BCUT2D eigenvalue weighted by Gasteiger charge is 2.48. The third kappa shape index (κ3) is 5.82. The van der Waals surface area contributed by atoms with Gasteiger partial charge in [0.2, 0.25) is 0 Å². The molecular weight excluding hydrogens is 483 g/mol. The summed E-state index contributed by atoms with van der Waals surface area (Å²) in [5, 5.41) is 0. The number of phosphoric ester groups is 1. The van der Waals surface area contributed by atoms with Gasteiger partial charge in [0.1, 0.15) is 23.4 Å². The van der Waals surface area contributed by atoms with E-state index in [1.165, 1.54) is 6.08 Å². The van der Waals surface area contributed by atoms with Crippen LogP contribution in [0.2, 0.25) is 0 Å². The molecule has 0 spiro atoms. The van der Waals surface area contributed by atoms with Gasteiger partial charge in [0.05, 0.1) is 12.2 Å². The minimum Gasteiger partial charge on any atom is -0.463 e. The average molecular weight is 512 g/mol. The first-order valence-electron chi connectivity index (χ1n) is 11.8. The number of cyclic esters (lactones) is 1. The summed E-state index contributed by atoms with van der Waals surface area (Å²) in [6, 6.07) is 17.0. The van der Waals surface area contributed by atoms with E-state index in [-0.39, 0.29) is 29.4 Å². The van der Waals surface area contributed by atoms with Crippen LogP contribution >= 0.6 is 7.82 Å². The predicted octanol–water partition coefficient (Wildman–Crippen LogP) is 6.00. The lowest BCUT2D eigenvalue weighted by Crippen LogP contribution is -2.37. The minimum atomic E-state index is -4.37. The van der Waals surface area contributed by atoms with Crippen molar-refractivity contribution in [1.82, 2.24) is 0 Å². The lowest BCUT2D eigenvalue weighted by Gasteiger charge is -2.39. The van der Waals surface area contributed by atoms with E-state index in [1.54, 1.807) is 73.7 Å². The molecule has 36 heavy (non-hydrogen) atoms. The van der Waals surface area contributed by atoms with Gasteiger partial charge in [-0.3, -0.25) is 0 Å². The number of ether oxygens (including phenoxy) is 2. The van der Waals surface area contributed by atoms with E-state index in [4.69, 9.17) is 23.0 Å². The molecule has 1 heterocycles. The molecule has 2 aliphatic rings. The van der Waals surface area contributed by atoms with Crippen molar-refractivity contribution in [3.05, 3.63) is 84.1 Å². The van der Waals surface area contributed by atoms with Gasteiger partial charge in [0.25, 0.3) is 0 Å². The standard InChI is InChI=1S/C27H29O8P/c1-4-31-26(29)24-21(22-15-16-23(28)32-22)17-18-27(2,3)25(24)35-36(30,33-19-11-7-5-8-12-19)34-20-13-9-6-10-14-20/h5-16,21-22H,4,17-18H2,1-3H3. The van der Waals surface area contributed by atoms with Gasteiger partial charge in [-0.15, -0.1) is 0 Å². The molecule has 9 heteroatoms. The molecule has 0 fully saturated rings. The molecule has 0 N–H and O–H groups in total. The Morgan fingerprint density at radius 3 is 2.08 bits per heavy atom. The first-order chi connectivity index (χ1) is 17.2. The molecule has 1 aliphatic carbocycles. The van der Waals surface area contributed by atoms with Crippen molar-refractivity contribution < 1.29 is 37.2 Å². The first-order valence-corrected chi connectivity index (χ1v) is 13.3. The lowest BCUT2D eigenvalue weighted by atomic mass is 9.71. The van der Waals surface area contributed by atoms with E-state index in [2.05, 4.69) is 0 Å². The zero-order valence-corrected chi connectivity index (χ0v) is 21.3. The average Bonchev–Trinajstić information content (AvgIpc) is 3.27. The summed E-state index contributed by atoms with van der Waals surface area (Å²) in [5.41, 5.74) is -0.563. The Morgan fingerprint density at radius 2 is 1.58 bits per heavy atom. The normalized spacial score (nSPS) is 21.0. The zero-order valence-electron chi connectivity index (χ0n) is 20.4. The number of rotatable bonds is 9. The molecule has 0 bridgehead atoms. The Bertz CT molecular complexity index is 1160. The molecule has 4 rings (SSSR count). The van der Waals surface area contributed by atoms with Crippen molar-refractivity contribution >= 4 is 19.8 Å². The van der Waals surface area contributed by atoms with E-state index < -0.39 is 37.2 Å². The van der Waals surface area contributed by atoms with Crippen LogP contribution in [0.5, 0.6) is 11.5 Å². The molecule has 0 aromatic heterocycles. The smallest absolute Gasteiger partial charge is 0.463 e. The number of phosphoric acid groups is 1. The molecule has 2 unspecified atom stereocenters. The third-order valence-electron chi connectivity index (χ3n) is 6.00. The summed E-state index contributed by atoms with van der Waals surface area (Å²) in [4.78, 5) is 25.0. The van der Waals surface area contributed by atoms with Crippen LogP contribution in [0.1, 0.15) is 33.6 Å². The fourth-order valence-corrected chi connectivity index (χ4v) is 5.69. The second kappa shape index (κ2) is 10.6. The summed E-state index contributed by atoms with van der Waals surface area (Å²) in [7, 11) is -4.37. The van der Waals surface area contributed by atoms with Crippen LogP contribution in [0.25, 0.3) is 0 Å². The number of hydrogen-bond donors (Lipinski definition) is 0. The van der Waals surface area contributed by atoms with Gasteiger partial charge in [0, 0.05) is 17.4 Å². The van der Waals surface area contributed by atoms with Crippen LogP contribution < -0.4 is 9.05 Å². The lowest BCUT2D eigenvalue weighted by molar-refractivity contribution is -0.144. The summed E-state index contributed by atoms with van der Waals surface area (Å²) in [6.07, 6.45) is 3.36. The van der Waals surface area contributed by atoms with Gasteiger partial charge in [-0.1, -0.05) is 50.2 Å². The van der Waals surface area contributed by atoms with Crippen LogP contribution in [0, 0.1) is 11.3 Å². The van der Waals surface area contributed by atoms with Crippen LogP contribution in [0.15, 0.2) is 84.1 Å². The van der Waals surface area contributed by atoms with Crippen molar-refractivity contribution in [2.75, 3.05) is 6.61 Å². The summed E-state index contributed by atoms with van der Waals surface area (Å²) in [5.74, 6) is -0.991. The van der Waals surface area contributed by atoms with Crippen molar-refractivity contribution in [2.45, 2.75) is 39.7 Å². The van der Waals surface area contributed by atoms with Crippen LogP contribution in [0.4, 0.5) is 0 Å². The number of benzene rings is 2. The van der Waals surface area contributed by atoms with Gasteiger partial charge >= 0.3 is 19.8 Å². The van der Waals surface area contributed by atoms with Crippen molar-refractivity contribution in [1.29, 1.82) is 0 Å². The fourth-order valence-electron chi connectivity index (χ4n) is 4.25. The van der Waals surface area contributed by atoms with Gasteiger partial charge in [-0.25, -0.2) is 9.59 Å². The zero-order chi connectivity index (χ0) is 25.8. The Kier molecular flexibility index (Phi) is 7.55. The summed E-state index contributed by atoms with van der Waals surface area (Å²) >= 11 is 0. The van der Waals surface area contributed by atoms with Gasteiger partial charge in [-0.05, 0) is 50.1 Å². The van der Waals surface area contributed by atoms with E-state index in [9.17, 15) is 14.2 Å². The van der Waals surface area contributed by atoms with Crippen molar-refractivity contribution in [3.63, 3.8) is 0 Å². The Hall–Kier alpha value is -3.51. The Morgan fingerprint density at radius 1 is 1.00 bits per heavy atom. The maximum atomic E-state index is 14.2. The molecule has 2 aromatic rings. The van der Waals surface area contributed by atoms with Gasteiger partial charge in [-0.2, -0.15) is 4.57 Å². The number of carbonyl (C=O) groups is 2. The fraction of sp³-hybridized carbons (Fsp3) is 0.333. The minimum absolute atomic E-state index is 0.127. The highest BCUT2D eigenvalue weighted by molar-refractivity contribution is 7.49. The predicted molar refractivity (Wildman–Crippen MR) is 132 cm³/mol.